The molecule has 0 bridgehead atoms. The molecule has 1 heterocycles. The standard InChI is InChI=1S/C20H25FN2O5S/c1-6-9-23-13(2)10-16(14(23)3)19(24)12-28-20(25)17-11-15(7-8-18(17)21)29(26,27)22(4)5/h7-8,10-11H,6,9,12H2,1-5H3. The van der Waals surface area contributed by atoms with Crippen LogP contribution in [0.25, 0.3) is 0 Å². The zero-order chi connectivity index (χ0) is 21.9. The number of nitrogens with zero attached hydrogens (tertiary/aromatic N) is 2. The fraction of sp³-hybridized carbons (Fsp3) is 0.400. The number of aromatic nitrogens is 1. The van der Waals surface area contributed by atoms with Crippen molar-refractivity contribution in [3.8, 4) is 0 Å². The van der Waals surface area contributed by atoms with Gasteiger partial charge in [-0.2, -0.15) is 0 Å². The number of sulfonamides is 1. The van der Waals surface area contributed by atoms with Crippen LogP contribution < -0.4 is 0 Å². The Morgan fingerprint density at radius 3 is 2.38 bits per heavy atom. The lowest BCUT2D eigenvalue weighted by atomic mass is 10.1. The van der Waals surface area contributed by atoms with Crippen LogP contribution in [0.1, 0.15) is 45.4 Å². The van der Waals surface area contributed by atoms with Gasteiger partial charge in [0, 0.05) is 37.6 Å². The highest BCUT2D eigenvalue weighted by Crippen LogP contribution is 2.20. The number of carbonyl (C=O) groups excluding carboxylic acids is 2. The van der Waals surface area contributed by atoms with Gasteiger partial charge < -0.3 is 9.30 Å². The van der Waals surface area contributed by atoms with Crippen LogP contribution in [0.4, 0.5) is 4.39 Å². The van der Waals surface area contributed by atoms with Crippen molar-refractivity contribution in [2.24, 2.45) is 0 Å². The van der Waals surface area contributed by atoms with E-state index in [0.717, 1.165) is 46.9 Å². The van der Waals surface area contributed by atoms with Crippen molar-refractivity contribution in [3.05, 3.63) is 52.6 Å². The lowest BCUT2D eigenvalue weighted by Gasteiger charge is -2.12. The molecular weight excluding hydrogens is 399 g/mol. The quantitative estimate of drug-likeness (QED) is 0.480. The van der Waals surface area contributed by atoms with E-state index in [4.69, 9.17) is 4.74 Å². The number of carbonyl (C=O) groups is 2. The molecule has 0 amide bonds. The third-order valence-electron chi connectivity index (χ3n) is 4.59. The van der Waals surface area contributed by atoms with E-state index in [0.29, 0.717) is 5.56 Å². The molecule has 0 aliphatic carbocycles. The predicted octanol–water partition coefficient (Wildman–Crippen LogP) is 2.94. The number of aryl methyl sites for hydroxylation is 1. The number of esters is 1. The molecule has 1 aromatic carbocycles. The molecule has 9 heteroatoms. The number of ether oxygens (including phenoxy) is 1. The molecule has 158 valence electrons. The Bertz CT molecular complexity index is 1040. The fourth-order valence-electron chi connectivity index (χ4n) is 2.97. The maximum absolute atomic E-state index is 14.1. The Hall–Kier alpha value is -2.52. The van der Waals surface area contributed by atoms with Crippen molar-refractivity contribution in [3.63, 3.8) is 0 Å². The maximum Gasteiger partial charge on any atom is 0.341 e. The van der Waals surface area contributed by atoms with Gasteiger partial charge >= 0.3 is 5.97 Å². The van der Waals surface area contributed by atoms with Crippen LogP contribution >= 0.6 is 0 Å². The van der Waals surface area contributed by atoms with Gasteiger partial charge in [-0.05, 0) is 44.5 Å². The minimum Gasteiger partial charge on any atom is -0.454 e. The number of halogens is 1. The molecule has 0 aliphatic rings. The first-order chi connectivity index (χ1) is 13.5. The summed E-state index contributed by atoms with van der Waals surface area (Å²) in [6.45, 7) is 5.92. The Balaban J connectivity index is 2.20. The molecule has 0 saturated carbocycles. The van der Waals surface area contributed by atoms with E-state index in [2.05, 4.69) is 0 Å². The molecule has 29 heavy (non-hydrogen) atoms. The molecule has 0 radical (unpaired) electrons. The van der Waals surface area contributed by atoms with E-state index < -0.39 is 39.8 Å². The molecule has 2 rings (SSSR count). The minimum absolute atomic E-state index is 0.245. The van der Waals surface area contributed by atoms with Gasteiger partial charge in [0.2, 0.25) is 15.8 Å². The largest absolute Gasteiger partial charge is 0.454 e. The maximum atomic E-state index is 14.1. The van der Waals surface area contributed by atoms with Gasteiger partial charge in [-0.25, -0.2) is 21.9 Å². The average molecular weight is 424 g/mol. The Morgan fingerprint density at radius 1 is 1.14 bits per heavy atom. The second-order valence-corrected chi connectivity index (χ2v) is 9.02. The third-order valence-corrected chi connectivity index (χ3v) is 6.40. The monoisotopic (exact) mass is 424 g/mol. The Morgan fingerprint density at radius 2 is 1.79 bits per heavy atom. The summed E-state index contributed by atoms with van der Waals surface area (Å²) >= 11 is 0. The van der Waals surface area contributed by atoms with Crippen molar-refractivity contribution in [1.82, 2.24) is 8.87 Å². The number of Topliss-reactive ketones (excluding diaryl/α,β-unsaturated/α-hetero) is 1. The zero-order valence-corrected chi connectivity index (χ0v) is 18.0. The lowest BCUT2D eigenvalue weighted by Crippen LogP contribution is -2.23. The average Bonchev–Trinajstić information content (AvgIpc) is 2.94. The van der Waals surface area contributed by atoms with Crippen LogP contribution in [0.2, 0.25) is 0 Å². The highest BCUT2D eigenvalue weighted by Gasteiger charge is 2.23. The second-order valence-electron chi connectivity index (χ2n) is 6.86. The van der Waals surface area contributed by atoms with Gasteiger partial charge in [0.25, 0.3) is 0 Å². The molecule has 0 spiro atoms. The number of hydrogen-bond acceptors (Lipinski definition) is 5. The van der Waals surface area contributed by atoms with Gasteiger partial charge in [-0.15, -0.1) is 0 Å². The molecule has 0 N–H and O–H groups in total. The highest BCUT2D eigenvalue weighted by molar-refractivity contribution is 7.89. The van der Waals surface area contributed by atoms with E-state index in [-0.39, 0.29) is 4.90 Å². The van der Waals surface area contributed by atoms with Crippen molar-refractivity contribution in [2.75, 3.05) is 20.7 Å². The zero-order valence-electron chi connectivity index (χ0n) is 17.2. The summed E-state index contributed by atoms with van der Waals surface area (Å²) in [7, 11) is -1.20. The topological polar surface area (TPSA) is 85.7 Å². The smallest absolute Gasteiger partial charge is 0.341 e. The normalized spacial score (nSPS) is 11.7. The summed E-state index contributed by atoms with van der Waals surface area (Å²) in [6, 6.07) is 4.58. The highest BCUT2D eigenvalue weighted by atomic mass is 32.2. The molecule has 0 aliphatic heterocycles. The summed E-state index contributed by atoms with van der Waals surface area (Å²) in [5.41, 5.74) is 1.59. The Kier molecular flexibility index (Phi) is 6.97. The first-order valence-corrected chi connectivity index (χ1v) is 10.5. The molecule has 0 fully saturated rings. The number of hydrogen-bond donors (Lipinski definition) is 0. The van der Waals surface area contributed by atoms with Crippen molar-refractivity contribution >= 4 is 21.8 Å². The summed E-state index contributed by atoms with van der Waals surface area (Å²) in [6.07, 6.45) is 0.907. The summed E-state index contributed by atoms with van der Waals surface area (Å²) in [5, 5.41) is 0. The molecule has 1 aromatic heterocycles. The van der Waals surface area contributed by atoms with E-state index in [9.17, 15) is 22.4 Å². The Labute approximate surface area is 170 Å². The van der Waals surface area contributed by atoms with Crippen LogP contribution in [-0.4, -0.2) is 49.7 Å². The summed E-state index contributed by atoms with van der Waals surface area (Å²) < 4.78 is 46.4. The van der Waals surface area contributed by atoms with Crippen LogP contribution in [0.5, 0.6) is 0 Å². The van der Waals surface area contributed by atoms with Crippen LogP contribution in [-0.2, 0) is 21.3 Å². The number of benzene rings is 1. The van der Waals surface area contributed by atoms with Crippen LogP contribution in [0.15, 0.2) is 29.2 Å². The SMILES string of the molecule is CCCn1c(C)cc(C(=O)COC(=O)c2cc(S(=O)(=O)N(C)C)ccc2F)c1C. The molecule has 0 unspecified atom stereocenters. The lowest BCUT2D eigenvalue weighted by molar-refractivity contribution is 0.0469. The molecule has 7 nitrogen and oxygen atoms in total. The van der Waals surface area contributed by atoms with E-state index in [1.807, 2.05) is 25.3 Å². The van der Waals surface area contributed by atoms with Crippen LogP contribution in [0, 0.1) is 19.7 Å². The van der Waals surface area contributed by atoms with Crippen molar-refractivity contribution in [1.29, 1.82) is 0 Å². The van der Waals surface area contributed by atoms with Crippen LogP contribution in [0.3, 0.4) is 0 Å². The summed E-state index contributed by atoms with van der Waals surface area (Å²) in [4.78, 5) is 24.5. The van der Waals surface area contributed by atoms with Gasteiger partial charge in [0.15, 0.2) is 6.61 Å². The molecule has 2 aromatic rings. The molecule has 0 atom stereocenters. The summed E-state index contributed by atoms with van der Waals surface area (Å²) in [5.74, 6) is -2.44. The number of ketones is 1. The predicted molar refractivity (Wildman–Crippen MR) is 106 cm³/mol. The number of rotatable bonds is 8. The molecule has 0 saturated heterocycles. The second kappa shape index (κ2) is 8.87. The van der Waals surface area contributed by atoms with Gasteiger partial charge in [0.1, 0.15) is 5.82 Å². The van der Waals surface area contributed by atoms with Gasteiger partial charge in [0.05, 0.1) is 10.5 Å². The van der Waals surface area contributed by atoms with Gasteiger partial charge in [-0.3, -0.25) is 4.79 Å². The van der Waals surface area contributed by atoms with E-state index in [1.54, 1.807) is 6.07 Å². The van der Waals surface area contributed by atoms with E-state index in [1.165, 1.54) is 14.1 Å². The first kappa shape index (κ1) is 22.8. The third kappa shape index (κ3) is 4.73. The van der Waals surface area contributed by atoms with Gasteiger partial charge in [-0.1, -0.05) is 6.92 Å². The first-order valence-electron chi connectivity index (χ1n) is 9.09. The minimum atomic E-state index is -3.85. The fourth-order valence-corrected chi connectivity index (χ4v) is 3.90. The molecular formula is C20H25FN2O5S. The van der Waals surface area contributed by atoms with Crippen molar-refractivity contribution in [2.45, 2.75) is 38.6 Å². The van der Waals surface area contributed by atoms with Crippen molar-refractivity contribution < 1.29 is 27.1 Å². The van der Waals surface area contributed by atoms with E-state index >= 15 is 0 Å².